The summed E-state index contributed by atoms with van der Waals surface area (Å²) in [6.07, 6.45) is 4.10. The average Bonchev–Trinajstić information content (AvgIpc) is 3.02. The van der Waals surface area contributed by atoms with Crippen LogP contribution in [0.25, 0.3) is 0 Å². The van der Waals surface area contributed by atoms with Crippen LogP contribution in [0.2, 0.25) is 0 Å². The fourth-order valence-electron chi connectivity index (χ4n) is 8.94. The quantitative estimate of drug-likeness (QED) is 0.441. The lowest BCUT2D eigenvalue weighted by molar-refractivity contribution is -0.280. The van der Waals surface area contributed by atoms with Gasteiger partial charge in [-0.1, -0.05) is 25.5 Å². The van der Waals surface area contributed by atoms with E-state index in [1.807, 2.05) is 20.8 Å². The molecule has 3 saturated carbocycles. The number of esters is 1. The number of hydrogen-bond acceptors (Lipinski definition) is 7. The standard InChI is InChI=1S/C28H40O7/c1-15-13-20(35-23(31)16(15)2)17(3)26(32)11-12-27(33)19-14-22(30)28(34)9-6-7-21(29)25(28,5)18(19)8-10-24(26,27)4/h6-7,17-20,22,30,32-34H,8-14H2,1-5H3. The van der Waals surface area contributed by atoms with E-state index in [1.54, 1.807) is 19.9 Å². The Hall–Kier alpha value is -1.54. The van der Waals surface area contributed by atoms with Crippen LogP contribution in [0.15, 0.2) is 23.3 Å². The first kappa shape index (κ1) is 25.1. The first-order valence-corrected chi connectivity index (χ1v) is 13.1. The summed E-state index contributed by atoms with van der Waals surface area (Å²) >= 11 is 0. The van der Waals surface area contributed by atoms with Gasteiger partial charge in [0.05, 0.1) is 22.7 Å². The monoisotopic (exact) mass is 488 g/mol. The van der Waals surface area contributed by atoms with Crippen molar-refractivity contribution in [2.24, 2.45) is 28.6 Å². The average molecular weight is 489 g/mol. The summed E-state index contributed by atoms with van der Waals surface area (Å²) in [4.78, 5) is 25.6. The lowest BCUT2D eigenvalue weighted by Crippen LogP contribution is -2.73. The molecule has 0 saturated heterocycles. The lowest BCUT2D eigenvalue weighted by atomic mass is 9.41. The molecule has 0 spiro atoms. The number of carbonyl (C=O) groups is 2. The summed E-state index contributed by atoms with van der Waals surface area (Å²) < 4.78 is 5.74. The van der Waals surface area contributed by atoms with Gasteiger partial charge in [-0.3, -0.25) is 4.79 Å². The SMILES string of the molecule is CC1=C(C)C(=O)OC(C(C)C2(O)CCC3(O)C4CC(O)C5(O)CC=CC(=O)C5(C)C4CCC23C)C1. The van der Waals surface area contributed by atoms with Crippen LogP contribution in [0.3, 0.4) is 0 Å². The molecule has 0 aromatic heterocycles. The van der Waals surface area contributed by atoms with Crippen molar-refractivity contribution in [3.63, 3.8) is 0 Å². The van der Waals surface area contributed by atoms with Crippen LogP contribution < -0.4 is 0 Å². The number of carbonyl (C=O) groups excluding carboxylic acids is 2. The second kappa shape index (κ2) is 7.50. The molecule has 4 N–H and O–H groups in total. The summed E-state index contributed by atoms with van der Waals surface area (Å²) in [7, 11) is 0. The molecule has 194 valence electrons. The molecule has 0 amide bonds. The highest BCUT2D eigenvalue weighted by Gasteiger charge is 2.76. The molecule has 10 unspecified atom stereocenters. The zero-order chi connectivity index (χ0) is 25.8. The summed E-state index contributed by atoms with van der Waals surface area (Å²) in [6.45, 7) is 9.23. The number of ether oxygens (including phenoxy) is 1. The molecule has 1 aliphatic heterocycles. The van der Waals surface area contributed by atoms with Crippen LogP contribution in [0.4, 0.5) is 0 Å². The lowest BCUT2D eigenvalue weighted by Gasteiger charge is -2.66. The minimum absolute atomic E-state index is 0.174. The highest BCUT2D eigenvalue weighted by Crippen LogP contribution is 2.71. The van der Waals surface area contributed by atoms with Crippen molar-refractivity contribution in [1.29, 1.82) is 0 Å². The van der Waals surface area contributed by atoms with Gasteiger partial charge in [-0.15, -0.1) is 0 Å². The topological polar surface area (TPSA) is 124 Å². The van der Waals surface area contributed by atoms with Crippen molar-refractivity contribution >= 4 is 11.8 Å². The second-order valence-corrected chi connectivity index (χ2v) is 12.6. The largest absolute Gasteiger partial charge is 0.458 e. The third-order valence-electron chi connectivity index (χ3n) is 11.8. The Labute approximate surface area is 207 Å². The van der Waals surface area contributed by atoms with Gasteiger partial charge in [0.15, 0.2) is 5.78 Å². The minimum Gasteiger partial charge on any atom is -0.458 e. The predicted molar refractivity (Wildman–Crippen MR) is 128 cm³/mol. The van der Waals surface area contributed by atoms with Gasteiger partial charge in [-0.25, -0.2) is 4.79 Å². The molecule has 35 heavy (non-hydrogen) atoms. The van der Waals surface area contributed by atoms with E-state index in [4.69, 9.17) is 4.74 Å². The van der Waals surface area contributed by atoms with Crippen molar-refractivity contribution in [2.45, 2.75) is 109 Å². The van der Waals surface area contributed by atoms with Crippen molar-refractivity contribution in [3.05, 3.63) is 23.3 Å². The third-order valence-corrected chi connectivity index (χ3v) is 11.8. The van der Waals surface area contributed by atoms with Crippen molar-refractivity contribution < 1.29 is 34.8 Å². The molecule has 0 bridgehead atoms. The highest BCUT2D eigenvalue weighted by molar-refractivity contribution is 5.97. The zero-order valence-corrected chi connectivity index (χ0v) is 21.5. The van der Waals surface area contributed by atoms with E-state index in [0.717, 1.165) is 5.57 Å². The highest BCUT2D eigenvalue weighted by atomic mass is 16.5. The van der Waals surface area contributed by atoms with Crippen molar-refractivity contribution in [2.75, 3.05) is 0 Å². The summed E-state index contributed by atoms with van der Waals surface area (Å²) in [5.41, 5.74) is -4.75. The fourth-order valence-corrected chi connectivity index (χ4v) is 8.94. The summed E-state index contributed by atoms with van der Waals surface area (Å²) in [5, 5.41) is 47.4. The molecule has 0 aromatic carbocycles. The van der Waals surface area contributed by atoms with Gasteiger partial charge < -0.3 is 25.2 Å². The third kappa shape index (κ3) is 2.81. The van der Waals surface area contributed by atoms with Crippen LogP contribution in [0, 0.1) is 28.6 Å². The number of aliphatic hydroxyl groups is 4. The molecule has 0 aromatic rings. The molecule has 7 nitrogen and oxygen atoms in total. The first-order chi connectivity index (χ1) is 16.2. The minimum atomic E-state index is -1.57. The molecule has 4 aliphatic carbocycles. The van der Waals surface area contributed by atoms with Gasteiger partial charge in [0.2, 0.25) is 0 Å². The van der Waals surface area contributed by atoms with Gasteiger partial charge in [-0.2, -0.15) is 0 Å². The molecule has 7 heteroatoms. The van der Waals surface area contributed by atoms with Crippen LogP contribution in [-0.2, 0) is 14.3 Å². The van der Waals surface area contributed by atoms with E-state index in [-0.39, 0.29) is 30.5 Å². The summed E-state index contributed by atoms with van der Waals surface area (Å²) in [6, 6.07) is 0. The molecule has 5 rings (SSSR count). The van der Waals surface area contributed by atoms with Crippen LogP contribution >= 0.6 is 0 Å². The van der Waals surface area contributed by atoms with Crippen LogP contribution in [0.1, 0.15) is 79.6 Å². The van der Waals surface area contributed by atoms with E-state index in [0.29, 0.717) is 37.7 Å². The normalized spacial score (nSPS) is 52.5. The Morgan fingerprint density at radius 2 is 1.71 bits per heavy atom. The molecule has 5 aliphatic rings. The van der Waals surface area contributed by atoms with Crippen molar-refractivity contribution in [1.82, 2.24) is 0 Å². The Morgan fingerprint density at radius 3 is 2.37 bits per heavy atom. The number of cyclic esters (lactones) is 1. The van der Waals surface area contributed by atoms with Crippen LogP contribution in [0.5, 0.6) is 0 Å². The zero-order valence-electron chi connectivity index (χ0n) is 21.5. The van der Waals surface area contributed by atoms with E-state index in [2.05, 4.69) is 0 Å². The number of hydrogen-bond donors (Lipinski definition) is 4. The Morgan fingerprint density at radius 1 is 1.03 bits per heavy atom. The molecule has 10 atom stereocenters. The second-order valence-electron chi connectivity index (χ2n) is 12.6. The number of fused-ring (bicyclic) bond motifs is 5. The Balaban J connectivity index is 1.52. The maximum atomic E-state index is 13.2. The van der Waals surface area contributed by atoms with Crippen LogP contribution in [-0.4, -0.2) is 61.2 Å². The number of allylic oxidation sites excluding steroid dienone is 1. The molecule has 0 radical (unpaired) electrons. The van der Waals surface area contributed by atoms with Gasteiger partial charge in [0.25, 0.3) is 0 Å². The smallest absolute Gasteiger partial charge is 0.333 e. The maximum Gasteiger partial charge on any atom is 0.333 e. The Bertz CT molecular complexity index is 1030. The maximum absolute atomic E-state index is 13.2. The fraction of sp³-hybridized carbons (Fsp3) is 0.786. The van der Waals surface area contributed by atoms with E-state index in [1.165, 1.54) is 6.08 Å². The van der Waals surface area contributed by atoms with Gasteiger partial charge in [0, 0.05) is 23.3 Å². The number of ketones is 1. The number of rotatable bonds is 2. The number of aliphatic hydroxyl groups excluding tert-OH is 1. The van der Waals surface area contributed by atoms with E-state index in [9.17, 15) is 30.0 Å². The van der Waals surface area contributed by atoms with Gasteiger partial charge >= 0.3 is 5.97 Å². The first-order valence-electron chi connectivity index (χ1n) is 13.1. The van der Waals surface area contributed by atoms with Crippen molar-refractivity contribution in [3.8, 4) is 0 Å². The van der Waals surface area contributed by atoms with Gasteiger partial charge in [0.1, 0.15) is 11.7 Å². The molecule has 1 heterocycles. The predicted octanol–water partition coefficient (Wildman–Crippen LogP) is 2.59. The Kier molecular flexibility index (Phi) is 5.38. The van der Waals surface area contributed by atoms with Gasteiger partial charge in [-0.05, 0) is 77.2 Å². The van der Waals surface area contributed by atoms with E-state index < -0.39 is 51.7 Å². The molecular weight excluding hydrogens is 448 g/mol. The molecule has 3 fully saturated rings. The molecular formula is C28H40O7. The van der Waals surface area contributed by atoms with E-state index >= 15 is 0 Å². The summed E-state index contributed by atoms with van der Waals surface area (Å²) in [5.74, 6) is -1.74.